The average molecular weight is 305 g/mol. The van der Waals surface area contributed by atoms with E-state index in [1.807, 2.05) is 32.0 Å². The van der Waals surface area contributed by atoms with Crippen LogP contribution >= 0.6 is 23.4 Å². The lowest BCUT2D eigenvalue weighted by molar-refractivity contribution is 0.857. The third-order valence-electron chi connectivity index (χ3n) is 3.21. The van der Waals surface area contributed by atoms with Crippen LogP contribution in [0.5, 0.6) is 0 Å². The quantitative estimate of drug-likeness (QED) is 0.692. The van der Waals surface area contributed by atoms with Gasteiger partial charge < -0.3 is 0 Å². The molecule has 2 aromatic heterocycles. The first-order chi connectivity index (χ1) is 9.66. The molecule has 3 aromatic rings. The van der Waals surface area contributed by atoms with E-state index >= 15 is 0 Å². The van der Waals surface area contributed by atoms with E-state index in [2.05, 4.69) is 27.4 Å². The summed E-state index contributed by atoms with van der Waals surface area (Å²) in [5, 5.41) is 13.3. The number of benzene rings is 1. The summed E-state index contributed by atoms with van der Waals surface area (Å²) in [4.78, 5) is 1.19. The van der Waals surface area contributed by atoms with Gasteiger partial charge >= 0.3 is 0 Å². The Labute approximate surface area is 126 Å². The maximum Gasteiger partial charge on any atom is 0.181 e. The van der Waals surface area contributed by atoms with E-state index in [4.69, 9.17) is 11.6 Å². The summed E-state index contributed by atoms with van der Waals surface area (Å²) in [7, 11) is 0. The minimum absolute atomic E-state index is 0.501. The zero-order valence-electron chi connectivity index (χ0n) is 11.2. The maximum atomic E-state index is 6.14. The SMILES string of the molecule is Cc1c(Cl)nn2c(CSc3ccccc3)nnc2c1C. The molecule has 102 valence electrons. The predicted molar refractivity (Wildman–Crippen MR) is 81.3 cm³/mol. The highest BCUT2D eigenvalue weighted by Gasteiger charge is 2.13. The highest BCUT2D eigenvalue weighted by Crippen LogP contribution is 2.24. The molecule has 0 aliphatic heterocycles. The zero-order chi connectivity index (χ0) is 14.1. The molecule has 0 aliphatic carbocycles. The highest BCUT2D eigenvalue weighted by molar-refractivity contribution is 7.98. The fraction of sp³-hybridized carbons (Fsp3) is 0.214. The molecule has 0 unspecified atom stereocenters. The Bertz CT molecular complexity index is 755. The molecule has 0 spiro atoms. The van der Waals surface area contributed by atoms with Crippen molar-refractivity contribution in [2.24, 2.45) is 0 Å². The van der Waals surface area contributed by atoms with Gasteiger partial charge in [0.15, 0.2) is 16.6 Å². The lowest BCUT2D eigenvalue weighted by atomic mass is 10.2. The second-order valence-corrected chi connectivity index (χ2v) is 5.90. The van der Waals surface area contributed by atoms with E-state index in [0.717, 1.165) is 22.6 Å². The number of aryl methyl sites for hydroxylation is 1. The molecule has 6 heteroatoms. The molecule has 0 saturated heterocycles. The smallest absolute Gasteiger partial charge is 0.181 e. The number of rotatable bonds is 3. The minimum atomic E-state index is 0.501. The van der Waals surface area contributed by atoms with Gasteiger partial charge in [-0.15, -0.1) is 22.0 Å². The molecule has 0 radical (unpaired) electrons. The van der Waals surface area contributed by atoms with E-state index in [1.54, 1.807) is 16.3 Å². The average Bonchev–Trinajstić information content (AvgIpc) is 2.87. The highest BCUT2D eigenvalue weighted by atomic mass is 35.5. The molecular weight excluding hydrogens is 292 g/mol. The molecule has 3 rings (SSSR count). The van der Waals surface area contributed by atoms with Crippen molar-refractivity contribution < 1.29 is 0 Å². The summed E-state index contributed by atoms with van der Waals surface area (Å²) in [5.41, 5.74) is 2.75. The first-order valence-electron chi connectivity index (χ1n) is 6.21. The Kier molecular flexibility index (Phi) is 3.63. The molecule has 20 heavy (non-hydrogen) atoms. The van der Waals surface area contributed by atoms with Gasteiger partial charge in [-0.2, -0.15) is 9.61 Å². The van der Waals surface area contributed by atoms with Gasteiger partial charge in [0.05, 0.1) is 5.75 Å². The molecule has 0 N–H and O–H groups in total. The van der Waals surface area contributed by atoms with E-state index in [-0.39, 0.29) is 0 Å². The van der Waals surface area contributed by atoms with Crippen LogP contribution in [-0.4, -0.2) is 19.8 Å². The summed E-state index contributed by atoms with van der Waals surface area (Å²) in [6, 6.07) is 10.2. The van der Waals surface area contributed by atoms with Crippen molar-refractivity contribution in [3.05, 3.63) is 52.4 Å². The molecule has 0 fully saturated rings. The third-order valence-corrected chi connectivity index (χ3v) is 4.58. The zero-order valence-corrected chi connectivity index (χ0v) is 12.7. The van der Waals surface area contributed by atoms with Crippen LogP contribution in [0.1, 0.15) is 17.0 Å². The number of nitrogens with zero attached hydrogens (tertiary/aromatic N) is 4. The Morgan fingerprint density at radius 2 is 1.85 bits per heavy atom. The summed E-state index contributed by atoms with van der Waals surface area (Å²) in [5.74, 6) is 1.51. The van der Waals surface area contributed by atoms with Crippen LogP contribution in [0, 0.1) is 13.8 Å². The van der Waals surface area contributed by atoms with E-state index in [9.17, 15) is 0 Å². The first kappa shape index (κ1) is 13.4. The third kappa shape index (κ3) is 2.39. The van der Waals surface area contributed by atoms with Gasteiger partial charge in [-0.1, -0.05) is 29.8 Å². The van der Waals surface area contributed by atoms with Crippen molar-refractivity contribution in [1.82, 2.24) is 19.8 Å². The molecule has 0 saturated carbocycles. The van der Waals surface area contributed by atoms with Crippen molar-refractivity contribution >= 4 is 29.0 Å². The fourth-order valence-corrected chi connectivity index (χ4v) is 2.93. The van der Waals surface area contributed by atoms with Crippen molar-refractivity contribution in [1.29, 1.82) is 0 Å². The number of aromatic nitrogens is 4. The lowest BCUT2D eigenvalue weighted by Crippen LogP contribution is -2.01. The molecule has 0 aliphatic rings. The lowest BCUT2D eigenvalue weighted by Gasteiger charge is -2.05. The van der Waals surface area contributed by atoms with Crippen LogP contribution in [-0.2, 0) is 5.75 Å². The van der Waals surface area contributed by atoms with Gasteiger partial charge in [-0.05, 0) is 31.5 Å². The van der Waals surface area contributed by atoms with Crippen molar-refractivity contribution in [2.45, 2.75) is 24.5 Å². The standard InChI is InChI=1S/C14H13ClN4S/c1-9-10(2)14-17-16-12(19(14)18-13(9)15)8-20-11-6-4-3-5-7-11/h3-7H,8H2,1-2H3. The van der Waals surface area contributed by atoms with Crippen LogP contribution in [0.3, 0.4) is 0 Å². The number of fused-ring (bicyclic) bond motifs is 1. The topological polar surface area (TPSA) is 43.1 Å². The van der Waals surface area contributed by atoms with Gasteiger partial charge in [0.1, 0.15) is 0 Å². The predicted octanol–water partition coefficient (Wildman–Crippen LogP) is 3.69. The molecule has 1 aromatic carbocycles. The van der Waals surface area contributed by atoms with Gasteiger partial charge in [0.2, 0.25) is 0 Å². The Balaban J connectivity index is 1.93. The van der Waals surface area contributed by atoms with Crippen molar-refractivity contribution in [3.63, 3.8) is 0 Å². The largest absolute Gasteiger partial charge is 0.195 e. The minimum Gasteiger partial charge on any atom is -0.195 e. The van der Waals surface area contributed by atoms with E-state index in [1.165, 1.54) is 4.90 Å². The van der Waals surface area contributed by atoms with Crippen molar-refractivity contribution in [3.8, 4) is 0 Å². The number of hydrogen-bond donors (Lipinski definition) is 0. The summed E-state index contributed by atoms with van der Waals surface area (Å²) >= 11 is 7.85. The van der Waals surface area contributed by atoms with Crippen LogP contribution in [0.2, 0.25) is 5.15 Å². The van der Waals surface area contributed by atoms with Crippen molar-refractivity contribution in [2.75, 3.05) is 0 Å². The van der Waals surface area contributed by atoms with Gasteiger partial charge in [-0.3, -0.25) is 0 Å². The Morgan fingerprint density at radius 1 is 1.10 bits per heavy atom. The summed E-state index contributed by atoms with van der Waals surface area (Å²) in [6.07, 6.45) is 0. The van der Waals surface area contributed by atoms with E-state index < -0.39 is 0 Å². The monoisotopic (exact) mass is 304 g/mol. The van der Waals surface area contributed by atoms with Crippen LogP contribution in [0.4, 0.5) is 0 Å². The first-order valence-corrected chi connectivity index (χ1v) is 7.58. The molecule has 0 atom stereocenters. The van der Waals surface area contributed by atoms with E-state index in [0.29, 0.717) is 10.9 Å². The molecule has 0 bridgehead atoms. The molecule has 4 nitrogen and oxygen atoms in total. The van der Waals surface area contributed by atoms with Gasteiger partial charge in [-0.25, -0.2) is 0 Å². The summed E-state index contributed by atoms with van der Waals surface area (Å²) < 4.78 is 1.74. The fourth-order valence-electron chi connectivity index (χ4n) is 1.89. The number of hydrogen-bond acceptors (Lipinski definition) is 4. The molecule has 0 amide bonds. The Hall–Kier alpha value is -1.59. The Morgan fingerprint density at radius 3 is 2.60 bits per heavy atom. The maximum absolute atomic E-state index is 6.14. The second-order valence-electron chi connectivity index (χ2n) is 4.49. The van der Waals surface area contributed by atoms with Gasteiger partial charge in [0, 0.05) is 10.5 Å². The second kappa shape index (κ2) is 5.42. The number of halogens is 1. The normalized spacial score (nSPS) is 11.2. The van der Waals surface area contributed by atoms with Crippen LogP contribution < -0.4 is 0 Å². The van der Waals surface area contributed by atoms with Gasteiger partial charge in [0.25, 0.3) is 0 Å². The summed E-state index contributed by atoms with van der Waals surface area (Å²) in [6.45, 7) is 3.93. The number of thioether (sulfide) groups is 1. The molecular formula is C14H13ClN4S. The van der Waals surface area contributed by atoms with Crippen LogP contribution in [0.25, 0.3) is 5.65 Å². The van der Waals surface area contributed by atoms with Crippen LogP contribution in [0.15, 0.2) is 35.2 Å². The molecule has 2 heterocycles.